The monoisotopic (exact) mass is 447 g/mol. The molecule has 3 aromatic heterocycles. The van der Waals surface area contributed by atoms with Crippen molar-refractivity contribution in [3.05, 3.63) is 49.6 Å². The van der Waals surface area contributed by atoms with Crippen LogP contribution in [0.1, 0.15) is 45.4 Å². The molecule has 13 heteroatoms. The lowest BCUT2D eigenvalue weighted by Crippen LogP contribution is -2.29. The van der Waals surface area contributed by atoms with Gasteiger partial charge in [-0.05, 0) is 6.92 Å². The molecule has 0 bridgehead atoms. The summed E-state index contributed by atoms with van der Waals surface area (Å²) in [7, 11) is 0. The van der Waals surface area contributed by atoms with Gasteiger partial charge >= 0.3 is 6.18 Å². The van der Waals surface area contributed by atoms with Gasteiger partial charge < -0.3 is 5.32 Å². The van der Waals surface area contributed by atoms with E-state index in [2.05, 4.69) is 15.4 Å². The Balaban J connectivity index is 2.09. The number of ketones is 1. The average molecular weight is 448 g/mol. The number of fused-ring (bicyclic) bond motifs is 1. The van der Waals surface area contributed by atoms with Crippen molar-refractivity contribution in [1.29, 1.82) is 0 Å². The van der Waals surface area contributed by atoms with Gasteiger partial charge in [0.2, 0.25) is 0 Å². The quantitative estimate of drug-likeness (QED) is 0.606. The van der Waals surface area contributed by atoms with E-state index in [0.29, 0.717) is 6.07 Å². The molecule has 0 radical (unpaired) electrons. The zero-order chi connectivity index (χ0) is 21.5. The molecule has 154 valence electrons. The number of rotatable bonds is 5. The molecule has 0 aliphatic rings. The first-order chi connectivity index (χ1) is 13.5. The van der Waals surface area contributed by atoms with Gasteiger partial charge in [0.15, 0.2) is 16.4 Å². The number of Topliss-reactive ketones (excluding diaryl/α,β-unsaturated/α-hetero) is 1. The molecule has 29 heavy (non-hydrogen) atoms. The van der Waals surface area contributed by atoms with Crippen LogP contribution >= 0.6 is 22.9 Å². The van der Waals surface area contributed by atoms with Crippen molar-refractivity contribution in [2.45, 2.75) is 26.6 Å². The van der Waals surface area contributed by atoms with Crippen molar-refractivity contribution >= 4 is 39.6 Å². The van der Waals surface area contributed by atoms with Gasteiger partial charge in [0, 0.05) is 25.6 Å². The van der Waals surface area contributed by atoms with Gasteiger partial charge in [-0.25, -0.2) is 14.1 Å². The summed E-state index contributed by atoms with van der Waals surface area (Å²) in [5.41, 5.74) is -1.88. The Kier molecular flexibility index (Phi) is 5.50. The summed E-state index contributed by atoms with van der Waals surface area (Å²) in [5, 5.41) is 5.64. The summed E-state index contributed by atoms with van der Waals surface area (Å²) < 4.78 is 40.2. The van der Waals surface area contributed by atoms with Crippen molar-refractivity contribution in [2.24, 2.45) is 0 Å². The Bertz CT molecular complexity index is 1180. The number of alkyl halides is 3. The van der Waals surface area contributed by atoms with E-state index in [1.165, 1.54) is 6.92 Å². The first kappa shape index (κ1) is 21.0. The van der Waals surface area contributed by atoms with Crippen molar-refractivity contribution in [2.75, 3.05) is 6.54 Å². The fourth-order valence-corrected chi connectivity index (χ4v) is 3.83. The summed E-state index contributed by atoms with van der Waals surface area (Å²) in [5.74, 6) is -1.03. The third kappa shape index (κ3) is 4.03. The molecule has 0 fully saturated rings. The molecule has 3 rings (SSSR count). The zero-order valence-corrected chi connectivity index (χ0v) is 16.6. The number of hydrogen-bond acceptors (Lipinski definition) is 6. The van der Waals surface area contributed by atoms with Crippen LogP contribution in [0.2, 0.25) is 5.15 Å². The fraction of sp³-hybridized carbons (Fsp3) is 0.312. The maximum Gasteiger partial charge on any atom is 0.435 e. The summed E-state index contributed by atoms with van der Waals surface area (Å²) >= 11 is 6.64. The van der Waals surface area contributed by atoms with E-state index in [0.717, 1.165) is 26.5 Å². The lowest BCUT2D eigenvalue weighted by Gasteiger charge is -2.06. The van der Waals surface area contributed by atoms with Gasteiger partial charge in [0.25, 0.3) is 11.5 Å². The average Bonchev–Trinajstić information content (AvgIpc) is 3.16. The maximum atomic E-state index is 12.8. The van der Waals surface area contributed by atoms with Gasteiger partial charge in [-0.2, -0.15) is 18.3 Å². The van der Waals surface area contributed by atoms with Crippen LogP contribution in [0.4, 0.5) is 13.2 Å². The van der Waals surface area contributed by atoms with Gasteiger partial charge in [-0.15, -0.1) is 0 Å². The minimum atomic E-state index is -4.67. The molecule has 0 spiro atoms. The summed E-state index contributed by atoms with van der Waals surface area (Å²) in [6.45, 7) is 2.92. The van der Waals surface area contributed by atoms with Crippen LogP contribution < -0.4 is 10.9 Å². The molecule has 1 N–H and O–H groups in total. The highest BCUT2D eigenvalue weighted by Crippen LogP contribution is 2.30. The van der Waals surface area contributed by atoms with E-state index in [9.17, 15) is 27.6 Å². The molecule has 0 aliphatic carbocycles. The highest BCUT2D eigenvalue weighted by Gasteiger charge is 2.35. The molecule has 0 aromatic carbocycles. The Morgan fingerprint density at radius 3 is 2.55 bits per heavy atom. The molecule has 0 saturated heterocycles. The summed E-state index contributed by atoms with van der Waals surface area (Å²) in [6.07, 6.45) is -4.67. The van der Waals surface area contributed by atoms with Crippen LogP contribution in [0.3, 0.4) is 0 Å². The SMILES string of the molecule is CCNC(=O)c1c(C(C)=O)sc2nc(Cn3nc(C(F)(F)F)cc3Cl)cc(=O)n12. The van der Waals surface area contributed by atoms with E-state index < -0.39 is 29.1 Å². The second-order valence-corrected chi connectivity index (χ2v) is 7.27. The first-order valence-electron chi connectivity index (χ1n) is 8.18. The first-order valence-corrected chi connectivity index (χ1v) is 9.37. The Morgan fingerprint density at radius 2 is 2.00 bits per heavy atom. The number of aromatic nitrogens is 4. The molecule has 1 amide bonds. The standard InChI is InChI=1S/C16H13ClF3N5O3S/c1-3-21-14(28)12-13(7(2)26)29-15-22-8(4-11(27)25(12)15)6-24-10(17)5-9(23-24)16(18,19)20/h4-5H,3,6H2,1-2H3,(H,21,28). The van der Waals surface area contributed by atoms with Gasteiger partial charge in [0.1, 0.15) is 15.7 Å². The highest BCUT2D eigenvalue weighted by atomic mass is 35.5. The summed E-state index contributed by atoms with van der Waals surface area (Å²) in [6, 6.07) is 1.72. The Labute approximate surface area is 169 Å². The number of hydrogen-bond donors (Lipinski definition) is 1. The number of carbonyl (C=O) groups is 2. The van der Waals surface area contributed by atoms with E-state index >= 15 is 0 Å². The second kappa shape index (κ2) is 7.59. The molecule has 3 heterocycles. The maximum absolute atomic E-state index is 12.8. The molecule has 0 aliphatic heterocycles. The predicted octanol–water partition coefficient (Wildman–Crippen LogP) is 2.63. The summed E-state index contributed by atoms with van der Waals surface area (Å²) in [4.78, 5) is 41.2. The largest absolute Gasteiger partial charge is 0.435 e. The topological polar surface area (TPSA) is 98.4 Å². The molecular formula is C16H13ClF3N5O3S. The van der Waals surface area contributed by atoms with Gasteiger partial charge in [0.05, 0.1) is 12.2 Å². The number of amides is 1. The smallest absolute Gasteiger partial charge is 0.351 e. The molecule has 0 saturated carbocycles. The van der Waals surface area contributed by atoms with Crippen molar-refractivity contribution in [3.8, 4) is 0 Å². The van der Waals surface area contributed by atoms with Crippen molar-refractivity contribution < 1.29 is 22.8 Å². The number of halogens is 4. The van der Waals surface area contributed by atoms with Gasteiger partial charge in [-0.3, -0.25) is 14.4 Å². The van der Waals surface area contributed by atoms with E-state index in [1.54, 1.807) is 6.92 Å². The normalized spacial score (nSPS) is 11.8. The predicted molar refractivity (Wildman–Crippen MR) is 98.7 cm³/mol. The number of carbonyl (C=O) groups excluding carboxylic acids is 2. The third-order valence-electron chi connectivity index (χ3n) is 3.78. The van der Waals surface area contributed by atoms with Gasteiger partial charge in [-0.1, -0.05) is 22.9 Å². The van der Waals surface area contributed by atoms with Crippen LogP contribution in [0.15, 0.2) is 16.9 Å². The molecular weight excluding hydrogens is 435 g/mol. The third-order valence-corrected chi connectivity index (χ3v) is 5.22. The zero-order valence-electron chi connectivity index (χ0n) is 15.0. The molecule has 0 unspecified atom stereocenters. The number of thiazole rings is 1. The van der Waals surface area contributed by atoms with Crippen LogP contribution in [-0.4, -0.2) is 37.4 Å². The molecule has 3 aromatic rings. The van der Waals surface area contributed by atoms with E-state index in [4.69, 9.17) is 11.6 Å². The highest BCUT2D eigenvalue weighted by molar-refractivity contribution is 7.19. The fourth-order valence-electron chi connectivity index (χ4n) is 2.59. The minimum absolute atomic E-state index is 0.0502. The number of nitrogens with one attached hydrogen (secondary N) is 1. The van der Waals surface area contributed by atoms with E-state index in [1.807, 2.05) is 0 Å². The molecule has 0 atom stereocenters. The lowest BCUT2D eigenvalue weighted by atomic mass is 10.2. The van der Waals surface area contributed by atoms with Crippen LogP contribution in [0.5, 0.6) is 0 Å². The van der Waals surface area contributed by atoms with Crippen molar-refractivity contribution in [1.82, 2.24) is 24.5 Å². The number of nitrogens with zero attached hydrogens (tertiary/aromatic N) is 4. The van der Waals surface area contributed by atoms with Crippen LogP contribution in [0, 0.1) is 0 Å². The van der Waals surface area contributed by atoms with Crippen LogP contribution in [0.25, 0.3) is 4.96 Å². The lowest BCUT2D eigenvalue weighted by molar-refractivity contribution is -0.141. The Morgan fingerprint density at radius 1 is 1.31 bits per heavy atom. The van der Waals surface area contributed by atoms with Crippen molar-refractivity contribution in [3.63, 3.8) is 0 Å². The Hall–Kier alpha value is -2.73. The minimum Gasteiger partial charge on any atom is -0.351 e. The van der Waals surface area contributed by atoms with Crippen LogP contribution in [-0.2, 0) is 12.7 Å². The molecule has 8 nitrogen and oxygen atoms in total. The van der Waals surface area contributed by atoms with E-state index in [-0.39, 0.29) is 39.5 Å². The second-order valence-electron chi connectivity index (χ2n) is 5.91.